The fourth-order valence-electron chi connectivity index (χ4n) is 4.97. The highest BCUT2D eigenvalue weighted by Gasteiger charge is 2.24. The topological polar surface area (TPSA) is 139 Å². The molecule has 5 aromatic rings. The van der Waals surface area contributed by atoms with Crippen LogP contribution in [0.3, 0.4) is 0 Å². The van der Waals surface area contributed by atoms with Crippen molar-refractivity contribution in [2.45, 2.75) is 6.92 Å². The molecular weight excluding hydrogens is 520 g/mol. The van der Waals surface area contributed by atoms with Crippen LogP contribution in [0.5, 0.6) is 11.5 Å². The molecular formula is C31H26N6O4. The first-order chi connectivity index (χ1) is 19.9. The summed E-state index contributed by atoms with van der Waals surface area (Å²) < 4.78 is 12.8. The maximum absolute atomic E-state index is 13.5. The minimum Gasteiger partial charge on any atom is -0.457 e. The Balaban J connectivity index is 1.26. The summed E-state index contributed by atoms with van der Waals surface area (Å²) >= 11 is 0. The number of amides is 1. The lowest BCUT2D eigenvalue weighted by Gasteiger charge is -2.27. The summed E-state index contributed by atoms with van der Waals surface area (Å²) in [5.74, 6) is 0.908. The van der Waals surface area contributed by atoms with Gasteiger partial charge in [0, 0.05) is 29.6 Å². The van der Waals surface area contributed by atoms with Crippen molar-refractivity contribution in [2.75, 3.05) is 32.0 Å². The SMILES string of the molecule is Cc1cc(Oc2cccc(C#N)c2)ccc1-n1ncc(C(=O)c2cc3c(C(=O)N4CCOCC4)cccc3[nH]2)c1N. The molecule has 41 heavy (non-hydrogen) atoms. The lowest BCUT2D eigenvalue weighted by molar-refractivity contribution is 0.0304. The van der Waals surface area contributed by atoms with Crippen molar-refractivity contribution < 1.29 is 19.1 Å². The zero-order valence-corrected chi connectivity index (χ0v) is 22.3. The number of nitriles is 1. The van der Waals surface area contributed by atoms with E-state index in [9.17, 15) is 9.59 Å². The van der Waals surface area contributed by atoms with Crippen LogP contribution in [-0.2, 0) is 4.74 Å². The number of anilines is 1. The molecule has 10 nitrogen and oxygen atoms in total. The van der Waals surface area contributed by atoms with Gasteiger partial charge in [-0.25, -0.2) is 4.68 Å². The Morgan fingerprint density at radius 3 is 2.59 bits per heavy atom. The highest BCUT2D eigenvalue weighted by atomic mass is 16.5. The van der Waals surface area contributed by atoms with Crippen molar-refractivity contribution in [3.63, 3.8) is 0 Å². The zero-order chi connectivity index (χ0) is 28.5. The summed E-state index contributed by atoms with van der Waals surface area (Å²) in [6, 6.07) is 21.5. The highest BCUT2D eigenvalue weighted by Crippen LogP contribution is 2.29. The predicted octanol–water partition coefficient (Wildman–Crippen LogP) is 4.61. The Kier molecular flexibility index (Phi) is 6.71. The Morgan fingerprint density at radius 1 is 1.02 bits per heavy atom. The molecule has 204 valence electrons. The van der Waals surface area contributed by atoms with Gasteiger partial charge in [0.25, 0.3) is 5.91 Å². The number of aromatic nitrogens is 3. The number of nitrogens with zero attached hydrogens (tertiary/aromatic N) is 4. The molecule has 0 saturated carbocycles. The molecule has 6 rings (SSSR count). The summed E-state index contributed by atoms with van der Waals surface area (Å²) in [6.07, 6.45) is 1.44. The van der Waals surface area contributed by atoms with Crippen LogP contribution in [0.1, 0.15) is 37.5 Å². The van der Waals surface area contributed by atoms with Gasteiger partial charge >= 0.3 is 0 Å². The molecule has 1 aliphatic heterocycles. The fraction of sp³-hybridized carbons (Fsp3) is 0.161. The van der Waals surface area contributed by atoms with Crippen molar-refractivity contribution in [3.05, 3.63) is 101 Å². The van der Waals surface area contributed by atoms with Crippen molar-refractivity contribution in [3.8, 4) is 23.3 Å². The number of morpholine rings is 1. The second-order valence-electron chi connectivity index (χ2n) is 9.73. The Hall–Kier alpha value is -5.40. The van der Waals surface area contributed by atoms with Crippen LogP contribution >= 0.6 is 0 Å². The number of hydrogen-bond acceptors (Lipinski definition) is 7. The summed E-state index contributed by atoms with van der Waals surface area (Å²) in [6.45, 7) is 3.96. The number of ketones is 1. The average Bonchev–Trinajstić information content (AvgIpc) is 3.61. The molecule has 0 bridgehead atoms. The fourth-order valence-corrected chi connectivity index (χ4v) is 4.97. The molecule has 3 N–H and O–H groups in total. The van der Waals surface area contributed by atoms with Crippen molar-refractivity contribution in [2.24, 2.45) is 0 Å². The first kappa shape index (κ1) is 25.9. The van der Waals surface area contributed by atoms with Crippen molar-refractivity contribution >= 4 is 28.4 Å². The molecule has 1 aliphatic rings. The van der Waals surface area contributed by atoms with Gasteiger partial charge in [0.15, 0.2) is 0 Å². The minimum atomic E-state index is -0.329. The first-order valence-electron chi connectivity index (χ1n) is 13.1. The molecule has 0 aliphatic carbocycles. The van der Waals surface area contributed by atoms with Gasteiger partial charge in [-0.15, -0.1) is 0 Å². The van der Waals surface area contributed by atoms with Crippen LogP contribution in [0.15, 0.2) is 72.9 Å². The lowest BCUT2D eigenvalue weighted by atomic mass is 10.1. The monoisotopic (exact) mass is 546 g/mol. The minimum absolute atomic E-state index is 0.0927. The van der Waals surface area contributed by atoms with E-state index in [0.29, 0.717) is 71.2 Å². The first-order valence-corrected chi connectivity index (χ1v) is 13.1. The number of nitrogens with one attached hydrogen (secondary N) is 1. The van der Waals surface area contributed by atoms with Crippen LogP contribution in [0.4, 0.5) is 5.82 Å². The van der Waals surface area contributed by atoms with E-state index in [0.717, 1.165) is 5.56 Å². The Bertz CT molecular complexity index is 1840. The molecule has 0 spiro atoms. The third kappa shape index (κ3) is 4.90. The van der Waals surface area contributed by atoms with E-state index in [1.165, 1.54) is 10.9 Å². The quantitative estimate of drug-likeness (QED) is 0.297. The van der Waals surface area contributed by atoms with E-state index < -0.39 is 0 Å². The van der Waals surface area contributed by atoms with Crippen LogP contribution in [-0.4, -0.2) is 57.7 Å². The molecule has 3 aromatic carbocycles. The Labute approximate surface area is 235 Å². The third-order valence-corrected chi connectivity index (χ3v) is 7.08. The highest BCUT2D eigenvalue weighted by molar-refractivity contribution is 6.15. The van der Waals surface area contributed by atoms with Gasteiger partial charge in [0.2, 0.25) is 5.78 Å². The maximum atomic E-state index is 13.5. The number of ether oxygens (including phenoxy) is 2. The molecule has 1 amide bonds. The van der Waals surface area contributed by atoms with E-state index in [1.807, 2.05) is 25.1 Å². The van der Waals surface area contributed by atoms with E-state index >= 15 is 0 Å². The van der Waals surface area contributed by atoms with Crippen LogP contribution in [0.2, 0.25) is 0 Å². The number of aromatic amines is 1. The van der Waals surface area contributed by atoms with Crippen LogP contribution in [0, 0.1) is 18.3 Å². The lowest BCUT2D eigenvalue weighted by Crippen LogP contribution is -2.40. The van der Waals surface area contributed by atoms with E-state index in [-0.39, 0.29) is 23.1 Å². The van der Waals surface area contributed by atoms with Crippen LogP contribution in [0.25, 0.3) is 16.6 Å². The second-order valence-corrected chi connectivity index (χ2v) is 9.73. The number of rotatable bonds is 6. The predicted molar refractivity (Wildman–Crippen MR) is 152 cm³/mol. The zero-order valence-electron chi connectivity index (χ0n) is 22.3. The second kappa shape index (κ2) is 10.6. The number of fused-ring (bicyclic) bond motifs is 1. The molecule has 0 radical (unpaired) electrons. The number of carbonyl (C=O) groups is 2. The number of aryl methyl sites for hydroxylation is 1. The van der Waals surface area contributed by atoms with Gasteiger partial charge in [0.1, 0.15) is 17.3 Å². The number of benzene rings is 3. The van der Waals surface area contributed by atoms with Crippen LogP contribution < -0.4 is 10.5 Å². The van der Waals surface area contributed by atoms with E-state index in [2.05, 4.69) is 16.2 Å². The smallest absolute Gasteiger partial charge is 0.254 e. The van der Waals surface area contributed by atoms with E-state index in [1.54, 1.807) is 53.4 Å². The van der Waals surface area contributed by atoms with Gasteiger partial charge < -0.3 is 25.1 Å². The Morgan fingerprint density at radius 2 is 1.80 bits per heavy atom. The van der Waals surface area contributed by atoms with Crippen molar-refractivity contribution in [1.82, 2.24) is 19.7 Å². The largest absolute Gasteiger partial charge is 0.457 e. The molecule has 1 fully saturated rings. The number of nitrogens with two attached hydrogens (primary N) is 1. The van der Waals surface area contributed by atoms with Gasteiger partial charge in [0.05, 0.1) is 48.0 Å². The maximum Gasteiger partial charge on any atom is 0.254 e. The van der Waals surface area contributed by atoms with Gasteiger partial charge in [-0.05, 0) is 67.1 Å². The summed E-state index contributed by atoms with van der Waals surface area (Å²) in [5, 5.41) is 14.2. The van der Waals surface area contributed by atoms with Gasteiger partial charge in [-0.2, -0.15) is 10.4 Å². The molecule has 10 heteroatoms. The number of carbonyl (C=O) groups excluding carboxylic acids is 2. The average molecular weight is 547 g/mol. The molecule has 2 aromatic heterocycles. The summed E-state index contributed by atoms with van der Waals surface area (Å²) in [7, 11) is 0. The van der Waals surface area contributed by atoms with E-state index in [4.69, 9.17) is 20.5 Å². The summed E-state index contributed by atoms with van der Waals surface area (Å²) in [4.78, 5) is 31.6. The van der Waals surface area contributed by atoms with Gasteiger partial charge in [-0.3, -0.25) is 9.59 Å². The third-order valence-electron chi connectivity index (χ3n) is 7.08. The number of nitrogen functional groups attached to an aromatic ring is 1. The molecule has 0 unspecified atom stereocenters. The van der Waals surface area contributed by atoms with Crippen molar-refractivity contribution in [1.29, 1.82) is 5.26 Å². The number of hydrogen-bond donors (Lipinski definition) is 2. The van der Waals surface area contributed by atoms with Gasteiger partial charge in [-0.1, -0.05) is 12.1 Å². The molecule has 3 heterocycles. The molecule has 0 atom stereocenters. The summed E-state index contributed by atoms with van der Waals surface area (Å²) in [5.41, 5.74) is 10.2. The number of H-pyrrole nitrogens is 1. The molecule has 1 saturated heterocycles. The normalized spacial score (nSPS) is 13.2. The standard InChI is InChI=1S/C31H26N6O4/c1-19-14-22(41-21-5-2-4-20(15-21)17-32)8-9-28(19)37-30(33)25(18-34-37)29(38)27-16-24-23(6-3-7-26(24)35-27)31(39)36-10-12-40-13-11-36/h2-9,14-16,18,35H,10-13,33H2,1H3.